The molecule has 0 N–H and O–H groups in total. The minimum atomic E-state index is 0.882. The van der Waals surface area contributed by atoms with Crippen LogP contribution in [0, 0.1) is 17.8 Å². The second-order valence-corrected chi connectivity index (χ2v) is 5.87. The maximum atomic E-state index is 2.42. The van der Waals surface area contributed by atoms with Gasteiger partial charge in [-0.2, -0.15) is 0 Å². The predicted molar refractivity (Wildman–Crippen MR) is 71.2 cm³/mol. The molecule has 0 heterocycles. The highest BCUT2D eigenvalue weighted by atomic mass is 14.1. The third-order valence-corrected chi connectivity index (χ3v) is 3.58. The molecule has 0 aliphatic carbocycles. The quantitative estimate of drug-likeness (QED) is 0.432. The number of unbranched alkanes of at least 4 members (excludes halogenated alkanes) is 1. The Balaban J connectivity index is 3.27. The molecule has 2 atom stereocenters. The average Bonchev–Trinajstić information content (AvgIpc) is 2.21. The van der Waals surface area contributed by atoms with Gasteiger partial charge in [0.15, 0.2) is 0 Å². The van der Waals surface area contributed by atoms with Crippen molar-refractivity contribution in [3.63, 3.8) is 0 Å². The molecule has 0 saturated heterocycles. The highest BCUT2D eigenvalue weighted by Crippen LogP contribution is 2.19. The summed E-state index contributed by atoms with van der Waals surface area (Å²) in [7, 11) is 0. The van der Waals surface area contributed by atoms with Crippen LogP contribution in [0.15, 0.2) is 0 Å². The Morgan fingerprint density at radius 3 is 1.67 bits per heavy atom. The van der Waals surface area contributed by atoms with E-state index in [0.717, 1.165) is 17.8 Å². The summed E-state index contributed by atoms with van der Waals surface area (Å²) < 4.78 is 0. The van der Waals surface area contributed by atoms with E-state index in [1.165, 1.54) is 44.9 Å². The summed E-state index contributed by atoms with van der Waals surface area (Å²) in [6, 6.07) is 0. The van der Waals surface area contributed by atoms with Crippen LogP contribution in [-0.2, 0) is 0 Å². The van der Waals surface area contributed by atoms with Gasteiger partial charge in [0.25, 0.3) is 0 Å². The SMILES string of the molecule is CCC(C)CCCCC(C)CCC(C)C. The van der Waals surface area contributed by atoms with Gasteiger partial charge in [-0.1, -0.05) is 79.6 Å². The van der Waals surface area contributed by atoms with Crippen molar-refractivity contribution in [3.05, 3.63) is 0 Å². The molecule has 0 aliphatic rings. The lowest BCUT2D eigenvalue weighted by Crippen LogP contribution is -1.99. The number of hydrogen-bond donors (Lipinski definition) is 0. The highest BCUT2D eigenvalue weighted by Gasteiger charge is 2.04. The molecule has 0 aromatic heterocycles. The monoisotopic (exact) mass is 212 g/mol. The van der Waals surface area contributed by atoms with E-state index in [9.17, 15) is 0 Å². The van der Waals surface area contributed by atoms with E-state index < -0.39 is 0 Å². The largest absolute Gasteiger partial charge is 0.0651 e. The second kappa shape index (κ2) is 9.24. The van der Waals surface area contributed by atoms with Crippen molar-refractivity contribution >= 4 is 0 Å². The van der Waals surface area contributed by atoms with Gasteiger partial charge in [0.2, 0.25) is 0 Å². The highest BCUT2D eigenvalue weighted by molar-refractivity contribution is 4.57. The molecule has 2 unspecified atom stereocenters. The summed E-state index contributed by atoms with van der Waals surface area (Å²) >= 11 is 0. The van der Waals surface area contributed by atoms with Gasteiger partial charge in [0, 0.05) is 0 Å². The van der Waals surface area contributed by atoms with Crippen LogP contribution in [0.25, 0.3) is 0 Å². The zero-order valence-electron chi connectivity index (χ0n) is 11.7. The summed E-state index contributed by atoms with van der Waals surface area (Å²) in [5.41, 5.74) is 0. The molecular formula is C15H32. The summed E-state index contributed by atoms with van der Waals surface area (Å²) in [5.74, 6) is 2.77. The Hall–Kier alpha value is 0. The topological polar surface area (TPSA) is 0 Å². The minimum absolute atomic E-state index is 0.882. The molecule has 0 fully saturated rings. The summed E-state index contributed by atoms with van der Waals surface area (Å²) in [6.45, 7) is 11.8. The number of rotatable bonds is 9. The van der Waals surface area contributed by atoms with E-state index in [2.05, 4.69) is 34.6 Å². The van der Waals surface area contributed by atoms with Crippen LogP contribution >= 0.6 is 0 Å². The molecule has 0 saturated carbocycles. The van der Waals surface area contributed by atoms with Crippen LogP contribution in [0.5, 0.6) is 0 Å². The standard InChI is InChI=1S/C15H32/c1-6-14(4)9-7-8-10-15(5)12-11-13(2)3/h13-15H,6-12H2,1-5H3. The van der Waals surface area contributed by atoms with Crippen LogP contribution in [-0.4, -0.2) is 0 Å². The Bertz CT molecular complexity index is 126. The van der Waals surface area contributed by atoms with Crippen LogP contribution in [0.2, 0.25) is 0 Å². The smallest absolute Gasteiger partial charge is 0.0443 e. The molecule has 0 spiro atoms. The Morgan fingerprint density at radius 2 is 1.20 bits per heavy atom. The number of hydrogen-bond acceptors (Lipinski definition) is 0. The molecular weight excluding hydrogens is 180 g/mol. The molecule has 0 amide bonds. The summed E-state index contributed by atoms with van der Waals surface area (Å²) in [5, 5.41) is 0. The van der Waals surface area contributed by atoms with E-state index in [-0.39, 0.29) is 0 Å². The normalized spacial score (nSPS) is 15.6. The zero-order chi connectivity index (χ0) is 11.7. The fourth-order valence-electron chi connectivity index (χ4n) is 1.95. The first-order valence-electron chi connectivity index (χ1n) is 7.06. The maximum absolute atomic E-state index is 2.42. The van der Waals surface area contributed by atoms with Crippen molar-refractivity contribution in [2.24, 2.45) is 17.8 Å². The average molecular weight is 212 g/mol. The van der Waals surface area contributed by atoms with Gasteiger partial charge >= 0.3 is 0 Å². The van der Waals surface area contributed by atoms with Crippen molar-refractivity contribution < 1.29 is 0 Å². The molecule has 0 nitrogen and oxygen atoms in total. The van der Waals surface area contributed by atoms with Gasteiger partial charge in [-0.25, -0.2) is 0 Å². The summed E-state index contributed by atoms with van der Waals surface area (Å²) in [4.78, 5) is 0. The van der Waals surface area contributed by atoms with Crippen molar-refractivity contribution in [3.8, 4) is 0 Å². The zero-order valence-corrected chi connectivity index (χ0v) is 11.7. The predicted octanol–water partition coefficient (Wildman–Crippen LogP) is 5.67. The van der Waals surface area contributed by atoms with Gasteiger partial charge < -0.3 is 0 Å². The first-order valence-corrected chi connectivity index (χ1v) is 7.06. The Labute approximate surface area is 97.8 Å². The lowest BCUT2D eigenvalue weighted by molar-refractivity contribution is 0.398. The molecule has 0 heteroatoms. The lowest BCUT2D eigenvalue weighted by Gasteiger charge is -2.13. The molecule has 92 valence electrons. The summed E-state index contributed by atoms with van der Waals surface area (Å²) in [6.07, 6.45) is 9.97. The third-order valence-electron chi connectivity index (χ3n) is 3.58. The van der Waals surface area contributed by atoms with Crippen LogP contribution in [0.1, 0.15) is 79.6 Å². The third kappa shape index (κ3) is 10.3. The maximum Gasteiger partial charge on any atom is -0.0443 e. The molecule has 0 aromatic carbocycles. The molecule has 15 heavy (non-hydrogen) atoms. The van der Waals surface area contributed by atoms with E-state index in [1.807, 2.05) is 0 Å². The van der Waals surface area contributed by atoms with Crippen LogP contribution < -0.4 is 0 Å². The van der Waals surface area contributed by atoms with Crippen LogP contribution in [0.3, 0.4) is 0 Å². The molecule has 0 aromatic rings. The molecule has 0 aliphatic heterocycles. The van der Waals surface area contributed by atoms with Crippen molar-refractivity contribution in [2.75, 3.05) is 0 Å². The second-order valence-electron chi connectivity index (χ2n) is 5.87. The minimum Gasteiger partial charge on any atom is -0.0651 e. The first kappa shape index (κ1) is 15.0. The lowest BCUT2D eigenvalue weighted by atomic mass is 9.93. The Morgan fingerprint density at radius 1 is 0.667 bits per heavy atom. The molecule has 0 radical (unpaired) electrons. The fraction of sp³-hybridized carbons (Fsp3) is 1.00. The van der Waals surface area contributed by atoms with E-state index in [1.54, 1.807) is 0 Å². The van der Waals surface area contributed by atoms with Crippen molar-refractivity contribution in [1.29, 1.82) is 0 Å². The van der Waals surface area contributed by atoms with Gasteiger partial charge in [0.1, 0.15) is 0 Å². The Kier molecular flexibility index (Phi) is 9.24. The van der Waals surface area contributed by atoms with Gasteiger partial charge in [-0.3, -0.25) is 0 Å². The van der Waals surface area contributed by atoms with Gasteiger partial charge in [-0.15, -0.1) is 0 Å². The van der Waals surface area contributed by atoms with Crippen molar-refractivity contribution in [1.82, 2.24) is 0 Å². The fourth-order valence-corrected chi connectivity index (χ4v) is 1.95. The van der Waals surface area contributed by atoms with E-state index in [0.29, 0.717) is 0 Å². The van der Waals surface area contributed by atoms with Crippen LogP contribution in [0.4, 0.5) is 0 Å². The molecule has 0 rings (SSSR count). The van der Waals surface area contributed by atoms with E-state index >= 15 is 0 Å². The van der Waals surface area contributed by atoms with E-state index in [4.69, 9.17) is 0 Å². The van der Waals surface area contributed by atoms with Gasteiger partial charge in [0.05, 0.1) is 0 Å². The molecule has 0 bridgehead atoms. The first-order chi connectivity index (χ1) is 7.06. The van der Waals surface area contributed by atoms with Gasteiger partial charge in [-0.05, 0) is 17.8 Å². The van der Waals surface area contributed by atoms with Crippen molar-refractivity contribution in [2.45, 2.75) is 79.6 Å².